The Hall–Kier alpha value is -0.900. The zero-order chi connectivity index (χ0) is 14.3. The van der Waals surface area contributed by atoms with Gasteiger partial charge in [-0.2, -0.15) is 0 Å². The molecule has 20 heavy (non-hydrogen) atoms. The second kappa shape index (κ2) is 5.14. The van der Waals surface area contributed by atoms with Crippen molar-refractivity contribution in [1.29, 1.82) is 0 Å². The van der Waals surface area contributed by atoms with E-state index >= 15 is 0 Å². The number of rotatable bonds is 3. The van der Waals surface area contributed by atoms with Gasteiger partial charge in [0.15, 0.2) is 0 Å². The van der Waals surface area contributed by atoms with Crippen LogP contribution in [0.2, 0.25) is 0 Å². The number of aliphatic hydroxyl groups is 1. The summed E-state index contributed by atoms with van der Waals surface area (Å²) >= 11 is 0. The normalized spacial score (nSPS) is 36.5. The second-order valence-electron chi connectivity index (χ2n) is 6.91. The lowest BCUT2D eigenvalue weighted by Crippen LogP contribution is -2.56. The van der Waals surface area contributed by atoms with Crippen molar-refractivity contribution in [1.82, 2.24) is 4.90 Å². The van der Waals surface area contributed by atoms with Gasteiger partial charge in [-0.05, 0) is 31.6 Å². The molecule has 0 aromatic carbocycles. The van der Waals surface area contributed by atoms with Crippen molar-refractivity contribution >= 4 is 11.8 Å². The minimum absolute atomic E-state index is 0.00639. The molecule has 1 saturated heterocycles. The quantitative estimate of drug-likeness (QED) is 0.805. The Bertz CT molecular complexity index is 390. The second-order valence-corrected chi connectivity index (χ2v) is 6.91. The van der Waals surface area contributed by atoms with Crippen molar-refractivity contribution in [2.24, 2.45) is 17.8 Å². The van der Waals surface area contributed by atoms with Gasteiger partial charge in [0, 0.05) is 0 Å². The summed E-state index contributed by atoms with van der Waals surface area (Å²) in [6.07, 6.45) is 7.49. The van der Waals surface area contributed by atoms with Crippen LogP contribution in [0.1, 0.15) is 58.3 Å². The van der Waals surface area contributed by atoms with Crippen LogP contribution in [-0.2, 0) is 9.59 Å². The van der Waals surface area contributed by atoms with Crippen LogP contribution < -0.4 is 0 Å². The van der Waals surface area contributed by atoms with Gasteiger partial charge < -0.3 is 5.11 Å². The van der Waals surface area contributed by atoms with E-state index in [4.69, 9.17) is 0 Å². The monoisotopic (exact) mass is 279 g/mol. The zero-order valence-electron chi connectivity index (χ0n) is 12.3. The molecule has 0 aromatic rings. The molecular weight excluding hydrogens is 254 g/mol. The number of nitrogens with zero attached hydrogens (tertiary/aromatic N) is 1. The SMILES string of the molecule is CCC1CC2C(=O)N(C3(CO)CCCCC3)C(=O)C2C1. The van der Waals surface area contributed by atoms with Gasteiger partial charge in [-0.3, -0.25) is 14.5 Å². The Morgan fingerprint density at radius 2 is 1.65 bits per heavy atom. The Balaban J connectivity index is 1.85. The van der Waals surface area contributed by atoms with Crippen LogP contribution in [-0.4, -0.2) is 34.0 Å². The molecule has 2 amide bonds. The third-order valence-electron chi connectivity index (χ3n) is 5.87. The van der Waals surface area contributed by atoms with Crippen LogP contribution in [0.15, 0.2) is 0 Å². The minimum atomic E-state index is -0.585. The number of likely N-dealkylation sites (tertiary alicyclic amines) is 1. The van der Waals surface area contributed by atoms with Crippen LogP contribution in [0.3, 0.4) is 0 Å². The van der Waals surface area contributed by atoms with Gasteiger partial charge >= 0.3 is 0 Å². The van der Waals surface area contributed by atoms with Gasteiger partial charge in [-0.1, -0.05) is 32.6 Å². The molecule has 4 heteroatoms. The smallest absolute Gasteiger partial charge is 0.233 e. The van der Waals surface area contributed by atoms with E-state index in [0.29, 0.717) is 5.92 Å². The summed E-state index contributed by atoms with van der Waals surface area (Å²) in [6, 6.07) is 0. The van der Waals surface area contributed by atoms with E-state index in [1.807, 2.05) is 0 Å². The lowest BCUT2D eigenvalue weighted by atomic mass is 9.80. The van der Waals surface area contributed by atoms with Gasteiger partial charge in [0.25, 0.3) is 0 Å². The highest BCUT2D eigenvalue weighted by Crippen LogP contribution is 2.48. The number of hydrogen-bond donors (Lipinski definition) is 1. The first kappa shape index (κ1) is 14.1. The molecule has 4 nitrogen and oxygen atoms in total. The maximum Gasteiger partial charge on any atom is 0.233 e. The van der Waals surface area contributed by atoms with Crippen molar-refractivity contribution < 1.29 is 14.7 Å². The highest BCUT2D eigenvalue weighted by molar-refractivity contribution is 6.06. The van der Waals surface area contributed by atoms with E-state index in [0.717, 1.165) is 51.4 Å². The van der Waals surface area contributed by atoms with Crippen molar-refractivity contribution in [3.8, 4) is 0 Å². The van der Waals surface area contributed by atoms with Crippen LogP contribution in [0.25, 0.3) is 0 Å². The Kier molecular flexibility index (Phi) is 3.61. The number of aliphatic hydroxyl groups excluding tert-OH is 1. The first-order valence-electron chi connectivity index (χ1n) is 8.11. The molecule has 0 bridgehead atoms. The van der Waals surface area contributed by atoms with Crippen LogP contribution >= 0.6 is 0 Å². The van der Waals surface area contributed by atoms with E-state index < -0.39 is 5.54 Å². The van der Waals surface area contributed by atoms with Crippen molar-refractivity contribution in [2.75, 3.05) is 6.61 Å². The van der Waals surface area contributed by atoms with Crippen molar-refractivity contribution in [3.05, 3.63) is 0 Å². The fourth-order valence-corrected chi connectivity index (χ4v) is 4.59. The molecule has 1 N–H and O–H groups in total. The lowest BCUT2D eigenvalue weighted by molar-refractivity contribution is -0.152. The predicted octanol–water partition coefficient (Wildman–Crippen LogP) is 2.10. The van der Waals surface area contributed by atoms with Crippen LogP contribution in [0.4, 0.5) is 0 Å². The molecule has 1 heterocycles. The van der Waals surface area contributed by atoms with Crippen LogP contribution in [0, 0.1) is 17.8 Å². The molecule has 0 aromatic heterocycles. The maximum atomic E-state index is 12.7. The minimum Gasteiger partial charge on any atom is -0.394 e. The fourth-order valence-electron chi connectivity index (χ4n) is 4.59. The van der Waals surface area contributed by atoms with E-state index in [-0.39, 0.29) is 30.3 Å². The summed E-state index contributed by atoms with van der Waals surface area (Å²) in [5.41, 5.74) is -0.585. The summed E-state index contributed by atoms with van der Waals surface area (Å²) in [6.45, 7) is 2.07. The molecule has 112 valence electrons. The summed E-state index contributed by atoms with van der Waals surface area (Å²) < 4.78 is 0. The Morgan fingerprint density at radius 3 is 2.10 bits per heavy atom. The fraction of sp³-hybridized carbons (Fsp3) is 0.875. The predicted molar refractivity (Wildman–Crippen MR) is 74.7 cm³/mol. The number of hydrogen-bond acceptors (Lipinski definition) is 3. The molecule has 2 unspecified atom stereocenters. The van der Waals surface area contributed by atoms with E-state index in [9.17, 15) is 14.7 Å². The average molecular weight is 279 g/mol. The first-order chi connectivity index (χ1) is 9.63. The first-order valence-corrected chi connectivity index (χ1v) is 8.11. The molecule has 2 atom stereocenters. The molecule has 0 radical (unpaired) electrons. The molecule has 3 fully saturated rings. The van der Waals surface area contributed by atoms with Gasteiger partial charge in [0.05, 0.1) is 24.0 Å². The molecule has 1 aliphatic heterocycles. The van der Waals surface area contributed by atoms with E-state index in [1.54, 1.807) is 0 Å². The van der Waals surface area contributed by atoms with E-state index in [2.05, 4.69) is 6.92 Å². The molecular formula is C16H25NO3. The maximum absolute atomic E-state index is 12.7. The Morgan fingerprint density at radius 1 is 1.10 bits per heavy atom. The zero-order valence-corrected chi connectivity index (χ0v) is 12.3. The molecule has 2 aliphatic carbocycles. The molecule has 0 spiro atoms. The highest BCUT2D eigenvalue weighted by Gasteiger charge is 2.57. The number of amides is 2. The third kappa shape index (κ3) is 1.92. The number of fused-ring (bicyclic) bond motifs is 1. The van der Waals surface area contributed by atoms with Gasteiger partial charge in [-0.25, -0.2) is 0 Å². The summed E-state index contributed by atoms with van der Waals surface area (Å²) in [7, 11) is 0. The topological polar surface area (TPSA) is 57.6 Å². The van der Waals surface area contributed by atoms with Gasteiger partial charge in [0.2, 0.25) is 11.8 Å². The number of imide groups is 1. The van der Waals surface area contributed by atoms with Crippen LogP contribution in [0.5, 0.6) is 0 Å². The standard InChI is InChI=1S/C16H25NO3/c1-2-11-8-12-13(9-11)15(20)17(14(12)19)16(10-18)6-4-3-5-7-16/h11-13,18H,2-10H2,1H3. The molecule has 3 aliphatic rings. The largest absolute Gasteiger partial charge is 0.394 e. The average Bonchev–Trinajstić information content (AvgIpc) is 3.00. The van der Waals surface area contributed by atoms with E-state index in [1.165, 1.54) is 4.90 Å². The number of carbonyl (C=O) groups is 2. The third-order valence-corrected chi connectivity index (χ3v) is 5.87. The highest BCUT2D eigenvalue weighted by atomic mass is 16.3. The van der Waals surface area contributed by atoms with Gasteiger partial charge in [-0.15, -0.1) is 0 Å². The summed E-state index contributed by atoms with van der Waals surface area (Å²) in [5.74, 6) is 0.339. The number of carbonyl (C=O) groups excluding carboxylic acids is 2. The van der Waals surface area contributed by atoms with Crippen molar-refractivity contribution in [3.63, 3.8) is 0 Å². The van der Waals surface area contributed by atoms with Crippen molar-refractivity contribution in [2.45, 2.75) is 63.8 Å². The molecule has 3 rings (SSSR count). The summed E-state index contributed by atoms with van der Waals surface area (Å²) in [5, 5.41) is 9.85. The summed E-state index contributed by atoms with van der Waals surface area (Å²) in [4.78, 5) is 26.9. The lowest BCUT2D eigenvalue weighted by Gasteiger charge is -2.42. The van der Waals surface area contributed by atoms with Gasteiger partial charge in [0.1, 0.15) is 0 Å². The Labute approximate surface area is 120 Å². The molecule has 2 saturated carbocycles.